The molecule has 1 aliphatic rings. The summed E-state index contributed by atoms with van der Waals surface area (Å²) in [5.74, 6) is 0.441. The second-order valence-corrected chi connectivity index (χ2v) is 7.58. The number of aliphatic hydroxyl groups is 1. The van der Waals surface area contributed by atoms with E-state index in [1.165, 1.54) is 15.6 Å². The van der Waals surface area contributed by atoms with Crippen molar-refractivity contribution in [3.63, 3.8) is 0 Å². The average Bonchev–Trinajstić information content (AvgIpc) is 2.89. The number of sulfonamides is 1. The summed E-state index contributed by atoms with van der Waals surface area (Å²) in [6, 6.07) is 1.58. The van der Waals surface area contributed by atoms with Gasteiger partial charge in [0, 0.05) is 31.7 Å². The predicted octanol–water partition coefficient (Wildman–Crippen LogP) is 1.29. The van der Waals surface area contributed by atoms with Gasteiger partial charge in [-0.25, -0.2) is 8.42 Å². The van der Waals surface area contributed by atoms with Gasteiger partial charge >= 0.3 is 0 Å². The molecule has 0 unspecified atom stereocenters. The summed E-state index contributed by atoms with van der Waals surface area (Å²) < 4.78 is 31.6. The number of hydrogen-bond acceptors (Lipinski definition) is 5. The quantitative estimate of drug-likeness (QED) is 0.890. The first-order valence-electron chi connectivity index (χ1n) is 6.26. The van der Waals surface area contributed by atoms with Crippen molar-refractivity contribution in [1.82, 2.24) is 4.31 Å². The molecule has 0 atom stereocenters. The van der Waals surface area contributed by atoms with Crippen LogP contribution in [-0.4, -0.2) is 44.6 Å². The normalized spacial score (nSPS) is 18.8. The summed E-state index contributed by atoms with van der Waals surface area (Å²) in [5, 5.41) is 10.9. The third-order valence-corrected chi connectivity index (χ3v) is 6.46. The van der Waals surface area contributed by atoms with Crippen LogP contribution in [0.2, 0.25) is 0 Å². The summed E-state index contributed by atoms with van der Waals surface area (Å²) in [6.07, 6.45) is 1.65. The number of thiophene rings is 1. The highest BCUT2D eigenvalue weighted by molar-refractivity contribution is 7.89. The fraction of sp³-hybridized carbons (Fsp3) is 0.667. The van der Waals surface area contributed by atoms with Crippen LogP contribution >= 0.6 is 11.3 Å². The zero-order valence-electron chi connectivity index (χ0n) is 10.9. The Labute approximate surface area is 117 Å². The molecule has 0 bridgehead atoms. The number of hydrogen-bond donors (Lipinski definition) is 1. The van der Waals surface area contributed by atoms with Crippen LogP contribution in [0.1, 0.15) is 17.7 Å². The topological polar surface area (TPSA) is 66.8 Å². The second-order valence-electron chi connectivity index (χ2n) is 4.67. The van der Waals surface area contributed by atoms with Crippen molar-refractivity contribution in [3.8, 4) is 0 Å². The molecule has 0 aromatic carbocycles. The maximum atomic E-state index is 12.5. The molecule has 2 heterocycles. The van der Waals surface area contributed by atoms with E-state index < -0.39 is 10.0 Å². The fourth-order valence-electron chi connectivity index (χ4n) is 2.37. The molecule has 7 heteroatoms. The molecule has 1 aromatic heterocycles. The number of piperidine rings is 1. The first-order valence-corrected chi connectivity index (χ1v) is 8.58. The lowest BCUT2D eigenvalue weighted by Crippen LogP contribution is -2.39. The van der Waals surface area contributed by atoms with Crippen LogP contribution in [0.3, 0.4) is 0 Å². The van der Waals surface area contributed by atoms with E-state index in [9.17, 15) is 13.5 Å². The first kappa shape index (κ1) is 14.9. The Balaban J connectivity index is 2.10. The van der Waals surface area contributed by atoms with Crippen LogP contribution in [-0.2, 0) is 21.4 Å². The summed E-state index contributed by atoms with van der Waals surface area (Å²) in [4.78, 5) is 0.768. The molecule has 2 rings (SSSR count). The van der Waals surface area contributed by atoms with Gasteiger partial charge in [-0.1, -0.05) is 0 Å². The largest absolute Gasteiger partial charge is 0.391 e. The monoisotopic (exact) mass is 305 g/mol. The maximum absolute atomic E-state index is 12.5. The first-order chi connectivity index (χ1) is 9.09. The van der Waals surface area contributed by atoms with Crippen molar-refractivity contribution >= 4 is 21.4 Å². The molecule has 1 N–H and O–H groups in total. The van der Waals surface area contributed by atoms with E-state index in [2.05, 4.69) is 0 Å². The molecule has 1 aromatic rings. The van der Waals surface area contributed by atoms with Crippen LogP contribution in [0.4, 0.5) is 0 Å². The van der Waals surface area contributed by atoms with Crippen LogP contribution in [0.25, 0.3) is 0 Å². The lowest BCUT2D eigenvalue weighted by molar-refractivity contribution is 0.121. The summed E-state index contributed by atoms with van der Waals surface area (Å²) in [5.41, 5.74) is 0. The van der Waals surface area contributed by atoms with E-state index >= 15 is 0 Å². The van der Waals surface area contributed by atoms with Gasteiger partial charge in [-0.15, -0.1) is 11.3 Å². The minimum atomic E-state index is -3.46. The molecular formula is C12H19NO4S2. The molecule has 1 fully saturated rings. The van der Waals surface area contributed by atoms with Gasteiger partial charge in [0.05, 0.1) is 11.5 Å². The van der Waals surface area contributed by atoms with Gasteiger partial charge in [-0.3, -0.25) is 0 Å². The predicted molar refractivity (Wildman–Crippen MR) is 73.6 cm³/mol. The van der Waals surface area contributed by atoms with Gasteiger partial charge in [0.1, 0.15) is 0 Å². The number of rotatable bonds is 5. The Bertz CT molecular complexity index is 504. The average molecular weight is 305 g/mol. The zero-order valence-corrected chi connectivity index (χ0v) is 12.5. The van der Waals surface area contributed by atoms with Crippen molar-refractivity contribution < 1.29 is 18.3 Å². The molecular weight excluding hydrogens is 286 g/mol. The van der Waals surface area contributed by atoms with Crippen molar-refractivity contribution in [2.24, 2.45) is 5.92 Å². The third kappa shape index (κ3) is 3.17. The molecule has 0 saturated carbocycles. The highest BCUT2D eigenvalue weighted by Gasteiger charge is 2.31. The lowest BCUT2D eigenvalue weighted by Gasteiger charge is -2.30. The van der Waals surface area contributed by atoms with Gasteiger partial charge < -0.3 is 9.84 Å². The lowest BCUT2D eigenvalue weighted by atomic mass is 9.99. The molecule has 0 amide bonds. The molecule has 108 valence electrons. The van der Waals surface area contributed by atoms with Crippen LogP contribution < -0.4 is 0 Å². The number of nitrogens with zero attached hydrogens (tertiary/aromatic N) is 1. The molecule has 0 radical (unpaired) electrons. The SMILES string of the molecule is COCC1CCN(S(=O)(=O)c2ccsc2CO)CC1. The van der Waals surface area contributed by atoms with Gasteiger partial charge in [0.15, 0.2) is 0 Å². The molecule has 5 nitrogen and oxygen atoms in total. The van der Waals surface area contributed by atoms with E-state index in [1.807, 2.05) is 0 Å². The molecule has 1 saturated heterocycles. The van der Waals surface area contributed by atoms with Crippen molar-refractivity contribution in [3.05, 3.63) is 16.3 Å². The molecule has 1 aliphatic heterocycles. The van der Waals surface area contributed by atoms with E-state index in [1.54, 1.807) is 18.6 Å². The minimum absolute atomic E-state index is 0.230. The Morgan fingerprint density at radius 2 is 2.16 bits per heavy atom. The van der Waals surface area contributed by atoms with Gasteiger partial charge in [0.25, 0.3) is 0 Å². The number of ether oxygens (including phenoxy) is 1. The number of methoxy groups -OCH3 is 1. The number of aliphatic hydroxyl groups excluding tert-OH is 1. The Kier molecular flexibility index (Phi) is 4.97. The zero-order chi connectivity index (χ0) is 13.9. The smallest absolute Gasteiger partial charge is 0.244 e. The third-order valence-electron chi connectivity index (χ3n) is 3.44. The van der Waals surface area contributed by atoms with Crippen molar-refractivity contribution in [2.75, 3.05) is 26.8 Å². The fourth-order valence-corrected chi connectivity index (χ4v) is 5.10. The van der Waals surface area contributed by atoms with Crippen molar-refractivity contribution in [1.29, 1.82) is 0 Å². The van der Waals surface area contributed by atoms with E-state index in [4.69, 9.17) is 4.74 Å². The summed E-state index contributed by atoms with van der Waals surface area (Å²) >= 11 is 1.27. The van der Waals surface area contributed by atoms with Gasteiger partial charge in [-0.05, 0) is 30.2 Å². The second kappa shape index (κ2) is 6.32. The van der Waals surface area contributed by atoms with E-state index in [0.29, 0.717) is 30.5 Å². The van der Waals surface area contributed by atoms with Crippen molar-refractivity contribution in [2.45, 2.75) is 24.3 Å². The Hall–Kier alpha value is -0.470. The van der Waals surface area contributed by atoms with Gasteiger partial charge in [0.2, 0.25) is 10.0 Å². The molecule has 0 spiro atoms. The highest BCUT2D eigenvalue weighted by atomic mass is 32.2. The Morgan fingerprint density at radius 1 is 1.47 bits per heavy atom. The minimum Gasteiger partial charge on any atom is -0.391 e. The van der Waals surface area contributed by atoms with E-state index in [0.717, 1.165) is 12.8 Å². The van der Waals surface area contributed by atoms with E-state index in [-0.39, 0.29) is 11.5 Å². The summed E-state index contributed by atoms with van der Waals surface area (Å²) in [6.45, 7) is 1.51. The standard InChI is InChI=1S/C12H19NO4S2/c1-17-9-10-2-5-13(6-3-10)19(15,16)12-4-7-18-11(12)8-14/h4,7,10,14H,2-3,5-6,8-9H2,1H3. The Morgan fingerprint density at radius 3 is 2.74 bits per heavy atom. The highest BCUT2D eigenvalue weighted by Crippen LogP contribution is 2.28. The van der Waals surface area contributed by atoms with Crippen LogP contribution in [0.5, 0.6) is 0 Å². The van der Waals surface area contributed by atoms with Crippen LogP contribution in [0.15, 0.2) is 16.3 Å². The van der Waals surface area contributed by atoms with Gasteiger partial charge in [-0.2, -0.15) is 4.31 Å². The summed E-state index contributed by atoms with van der Waals surface area (Å²) in [7, 11) is -1.79. The maximum Gasteiger partial charge on any atom is 0.244 e. The molecule has 19 heavy (non-hydrogen) atoms. The molecule has 0 aliphatic carbocycles. The van der Waals surface area contributed by atoms with Crippen LogP contribution in [0, 0.1) is 5.92 Å².